The van der Waals surface area contributed by atoms with Crippen LogP contribution in [0.5, 0.6) is 0 Å². The fraction of sp³-hybridized carbons (Fsp3) is 0.500. The smallest absolute Gasteiger partial charge is 0.251 e. The molecule has 5 heteroatoms. The first-order valence-electron chi connectivity index (χ1n) is 7.33. The Morgan fingerprint density at radius 1 is 1.14 bits per heavy atom. The summed E-state index contributed by atoms with van der Waals surface area (Å²) >= 11 is 0. The van der Waals surface area contributed by atoms with Gasteiger partial charge in [-0.25, -0.2) is 0 Å². The third-order valence-electron chi connectivity index (χ3n) is 3.60. The zero-order valence-electron chi connectivity index (χ0n) is 13.3. The van der Waals surface area contributed by atoms with Crippen molar-refractivity contribution in [3.05, 3.63) is 28.8 Å². The highest BCUT2D eigenvalue weighted by atomic mass is 16.2. The topological polar surface area (TPSA) is 75.4 Å². The van der Waals surface area contributed by atoms with Crippen LogP contribution in [0.15, 0.2) is 12.1 Å². The van der Waals surface area contributed by atoms with Crippen molar-refractivity contribution in [2.45, 2.75) is 34.1 Å². The van der Waals surface area contributed by atoms with E-state index in [2.05, 4.69) is 5.32 Å². The van der Waals surface area contributed by atoms with Crippen molar-refractivity contribution < 1.29 is 9.59 Å². The SMILES string of the molecule is CCN(CC)C(=O)CCNC(=O)c1cc(N)c(C)cc1C. The second kappa shape index (κ2) is 7.67. The number of benzene rings is 1. The van der Waals surface area contributed by atoms with Gasteiger partial charge in [-0.15, -0.1) is 0 Å². The van der Waals surface area contributed by atoms with E-state index in [4.69, 9.17) is 5.73 Å². The van der Waals surface area contributed by atoms with E-state index in [0.29, 0.717) is 37.3 Å². The zero-order valence-corrected chi connectivity index (χ0v) is 13.3. The van der Waals surface area contributed by atoms with Crippen LogP contribution in [0.4, 0.5) is 5.69 Å². The third kappa shape index (κ3) is 4.48. The van der Waals surface area contributed by atoms with Crippen LogP contribution in [0, 0.1) is 13.8 Å². The van der Waals surface area contributed by atoms with Gasteiger partial charge in [0.05, 0.1) is 0 Å². The van der Waals surface area contributed by atoms with Crippen LogP contribution in [-0.4, -0.2) is 36.3 Å². The van der Waals surface area contributed by atoms with Gasteiger partial charge in [-0.2, -0.15) is 0 Å². The summed E-state index contributed by atoms with van der Waals surface area (Å²) in [4.78, 5) is 25.7. The number of anilines is 1. The lowest BCUT2D eigenvalue weighted by Crippen LogP contribution is -2.34. The predicted octanol–water partition coefficient (Wildman–Crippen LogP) is 1.87. The van der Waals surface area contributed by atoms with Crippen molar-refractivity contribution >= 4 is 17.5 Å². The first-order chi connectivity index (χ1) is 9.90. The molecule has 0 fully saturated rings. The van der Waals surface area contributed by atoms with Crippen LogP contribution in [0.1, 0.15) is 41.8 Å². The van der Waals surface area contributed by atoms with Crippen molar-refractivity contribution in [2.24, 2.45) is 0 Å². The van der Waals surface area contributed by atoms with Gasteiger partial charge in [0.2, 0.25) is 5.91 Å². The first kappa shape index (κ1) is 17.0. The lowest BCUT2D eigenvalue weighted by molar-refractivity contribution is -0.130. The molecule has 116 valence electrons. The Kier molecular flexibility index (Phi) is 6.21. The number of nitrogen functional groups attached to an aromatic ring is 1. The summed E-state index contributed by atoms with van der Waals surface area (Å²) in [6, 6.07) is 3.58. The van der Waals surface area contributed by atoms with Crippen LogP contribution in [0.2, 0.25) is 0 Å². The number of aryl methyl sites for hydroxylation is 2. The van der Waals surface area contributed by atoms with Gasteiger partial charge < -0.3 is 16.0 Å². The molecule has 0 aliphatic carbocycles. The minimum Gasteiger partial charge on any atom is -0.398 e. The van der Waals surface area contributed by atoms with E-state index in [-0.39, 0.29) is 11.8 Å². The molecule has 0 aliphatic heterocycles. The molecule has 21 heavy (non-hydrogen) atoms. The maximum Gasteiger partial charge on any atom is 0.251 e. The number of carbonyl (C=O) groups excluding carboxylic acids is 2. The highest BCUT2D eigenvalue weighted by Gasteiger charge is 2.13. The van der Waals surface area contributed by atoms with Gasteiger partial charge in [0.15, 0.2) is 0 Å². The Bertz CT molecular complexity index is 522. The minimum absolute atomic E-state index is 0.0560. The minimum atomic E-state index is -0.188. The average molecular weight is 291 g/mol. The summed E-state index contributed by atoms with van der Waals surface area (Å²) in [5.41, 5.74) is 8.85. The van der Waals surface area contributed by atoms with E-state index >= 15 is 0 Å². The summed E-state index contributed by atoms with van der Waals surface area (Å²) in [7, 11) is 0. The summed E-state index contributed by atoms with van der Waals surface area (Å²) < 4.78 is 0. The molecule has 3 N–H and O–H groups in total. The molecule has 5 nitrogen and oxygen atoms in total. The van der Waals surface area contributed by atoms with Gasteiger partial charge in [0, 0.05) is 37.3 Å². The molecular weight excluding hydrogens is 266 g/mol. The molecule has 0 radical (unpaired) electrons. The average Bonchev–Trinajstić information content (AvgIpc) is 2.44. The van der Waals surface area contributed by atoms with E-state index in [1.165, 1.54) is 0 Å². The number of carbonyl (C=O) groups is 2. The highest BCUT2D eigenvalue weighted by Crippen LogP contribution is 2.17. The fourth-order valence-electron chi connectivity index (χ4n) is 2.23. The molecule has 0 bridgehead atoms. The molecule has 0 spiro atoms. The number of amides is 2. The molecular formula is C16H25N3O2. The third-order valence-corrected chi connectivity index (χ3v) is 3.60. The van der Waals surface area contributed by atoms with Gasteiger partial charge >= 0.3 is 0 Å². The van der Waals surface area contributed by atoms with E-state index in [1.807, 2.05) is 33.8 Å². The lowest BCUT2D eigenvalue weighted by Gasteiger charge is -2.18. The predicted molar refractivity (Wildman–Crippen MR) is 85.2 cm³/mol. The molecule has 0 atom stereocenters. The lowest BCUT2D eigenvalue weighted by atomic mass is 10.0. The molecule has 1 aromatic carbocycles. The van der Waals surface area contributed by atoms with E-state index < -0.39 is 0 Å². The molecule has 2 amide bonds. The second-order valence-corrected chi connectivity index (χ2v) is 5.10. The van der Waals surface area contributed by atoms with Gasteiger partial charge in [-0.3, -0.25) is 9.59 Å². The Morgan fingerprint density at radius 3 is 2.33 bits per heavy atom. The van der Waals surface area contributed by atoms with Crippen LogP contribution in [-0.2, 0) is 4.79 Å². The van der Waals surface area contributed by atoms with E-state index in [0.717, 1.165) is 11.1 Å². The van der Waals surface area contributed by atoms with Crippen molar-refractivity contribution in [1.29, 1.82) is 0 Å². The summed E-state index contributed by atoms with van der Waals surface area (Å²) in [6.07, 6.45) is 0.313. The fourth-order valence-corrected chi connectivity index (χ4v) is 2.23. The van der Waals surface area contributed by atoms with Crippen LogP contribution in [0.25, 0.3) is 0 Å². The largest absolute Gasteiger partial charge is 0.398 e. The second-order valence-electron chi connectivity index (χ2n) is 5.10. The van der Waals surface area contributed by atoms with Crippen molar-refractivity contribution in [3.63, 3.8) is 0 Å². The Morgan fingerprint density at radius 2 is 1.76 bits per heavy atom. The van der Waals surface area contributed by atoms with Gasteiger partial charge in [-0.05, 0) is 44.9 Å². The normalized spacial score (nSPS) is 10.3. The van der Waals surface area contributed by atoms with Crippen LogP contribution < -0.4 is 11.1 Å². The molecule has 0 aromatic heterocycles. The van der Waals surface area contributed by atoms with Gasteiger partial charge in [0.25, 0.3) is 5.91 Å². The number of nitrogens with one attached hydrogen (secondary N) is 1. The number of rotatable bonds is 6. The Hall–Kier alpha value is -2.04. The molecule has 1 rings (SSSR count). The van der Waals surface area contributed by atoms with E-state index in [1.54, 1.807) is 11.0 Å². The van der Waals surface area contributed by atoms with E-state index in [9.17, 15) is 9.59 Å². The van der Waals surface area contributed by atoms with Gasteiger partial charge in [0.1, 0.15) is 0 Å². The molecule has 0 heterocycles. The van der Waals surface area contributed by atoms with Gasteiger partial charge in [-0.1, -0.05) is 6.07 Å². The number of hydrogen-bond acceptors (Lipinski definition) is 3. The maximum absolute atomic E-state index is 12.1. The van der Waals surface area contributed by atoms with Crippen LogP contribution in [0.3, 0.4) is 0 Å². The number of nitrogens with zero attached hydrogens (tertiary/aromatic N) is 1. The molecule has 0 aliphatic rings. The maximum atomic E-state index is 12.1. The monoisotopic (exact) mass is 291 g/mol. The molecule has 1 aromatic rings. The summed E-state index contributed by atoms with van der Waals surface area (Å²) in [5.74, 6) is -0.132. The van der Waals surface area contributed by atoms with Crippen molar-refractivity contribution in [2.75, 3.05) is 25.4 Å². The first-order valence-corrected chi connectivity index (χ1v) is 7.33. The quantitative estimate of drug-likeness (QED) is 0.786. The zero-order chi connectivity index (χ0) is 16.0. The Balaban J connectivity index is 2.59. The molecule has 0 saturated carbocycles. The molecule has 0 saturated heterocycles. The highest BCUT2D eigenvalue weighted by molar-refractivity contribution is 5.96. The van der Waals surface area contributed by atoms with Crippen molar-refractivity contribution in [3.8, 4) is 0 Å². The summed E-state index contributed by atoms with van der Waals surface area (Å²) in [5, 5.41) is 2.78. The number of nitrogens with two attached hydrogens (primary N) is 1. The number of hydrogen-bond donors (Lipinski definition) is 2. The molecule has 0 unspecified atom stereocenters. The van der Waals surface area contributed by atoms with Crippen molar-refractivity contribution in [1.82, 2.24) is 10.2 Å². The standard InChI is InChI=1S/C16H25N3O2/c1-5-19(6-2)15(20)7-8-18-16(21)13-10-14(17)12(4)9-11(13)3/h9-10H,5-8,17H2,1-4H3,(H,18,21). The van der Waals surface area contributed by atoms with Crippen LogP contribution >= 0.6 is 0 Å². The Labute approximate surface area is 126 Å². The summed E-state index contributed by atoms with van der Waals surface area (Å²) in [6.45, 7) is 9.39.